The van der Waals surface area contributed by atoms with Crippen molar-refractivity contribution in [1.82, 2.24) is 4.98 Å². The van der Waals surface area contributed by atoms with Gasteiger partial charge >= 0.3 is 5.22 Å². The third kappa shape index (κ3) is 1.58. The zero-order valence-electron chi connectivity index (χ0n) is 6.16. The number of oxazole rings is 1. The molecule has 0 fully saturated rings. The highest BCUT2D eigenvalue weighted by molar-refractivity contribution is 7.88. The van der Waals surface area contributed by atoms with Crippen LogP contribution in [0.2, 0.25) is 0 Å². The Morgan fingerprint density at radius 2 is 2.00 bits per heavy atom. The van der Waals surface area contributed by atoms with Crippen molar-refractivity contribution in [1.29, 1.82) is 0 Å². The first-order chi connectivity index (χ1) is 4.91. The van der Waals surface area contributed by atoms with Gasteiger partial charge in [0.05, 0.1) is 5.69 Å². The van der Waals surface area contributed by atoms with E-state index in [1.807, 2.05) is 0 Å². The van der Waals surface area contributed by atoms with E-state index >= 15 is 0 Å². The molecule has 62 valence electrons. The van der Waals surface area contributed by atoms with Gasteiger partial charge in [-0.05, 0) is 13.8 Å². The average Bonchev–Trinajstić information content (AvgIpc) is 2.11. The Bertz CT molecular complexity index is 346. The molecule has 1 rings (SSSR count). The monoisotopic (exact) mass is 176 g/mol. The van der Waals surface area contributed by atoms with Crippen molar-refractivity contribution in [3.8, 4) is 0 Å². The summed E-state index contributed by atoms with van der Waals surface area (Å²) in [6, 6.07) is 0. The summed E-state index contributed by atoms with van der Waals surface area (Å²) < 4.78 is 26.0. The van der Waals surface area contributed by atoms with E-state index in [0.29, 0.717) is 11.5 Å². The first-order valence-electron chi connectivity index (χ1n) is 2.88. The zero-order valence-corrected chi connectivity index (χ0v) is 6.97. The van der Waals surface area contributed by atoms with Crippen LogP contribution < -0.4 is 5.14 Å². The van der Waals surface area contributed by atoms with Crippen molar-refractivity contribution in [3.05, 3.63) is 11.5 Å². The molecule has 1 aromatic rings. The molecule has 1 heterocycles. The quantitative estimate of drug-likeness (QED) is 0.649. The average molecular weight is 176 g/mol. The molecular formula is C5H8N2O3S. The van der Waals surface area contributed by atoms with Crippen molar-refractivity contribution >= 4 is 10.0 Å². The van der Waals surface area contributed by atoms with E-state index in [9.17, 15) is 8.42 Å². The maximum atomic E-state index is 10.6. The number of aryl methyl sites for hydroxylation is 2. The van der Waals surface area contributed by atoms with Crippen LogP contribution in [-0.4, -0.2) is 13.4 Å². The smallest absolute Gasteiger partial charge is 0.330 e. The van der Waals surface area contributed by atoms with Gasteiger partial charge in [-0.1, -0.05) is 0 Å². The topological polar surface area (TPSA) is 86.2 Å². The Kier molecular flexibility index (Phi) is 1.73. The van der Waals surface area contributed by atoms with Gasteiger partial charge in [-0.2, -0.15) is 0 Å². The summed E-state index contributed by atoms with van der Waals surface area (Å²) >= 11 is 0. The van der Waals surface area contributed by atoms with Gasteiger partial charge in [0.2, 0.25) is 0 Å². The molecule has 0 radical (unpaired) electrons. The second-order valence-electron chi connectivity index (χ2n) is 2.17. The minimum atomic E-state index is -3.78. The zero-order chi connectivity index (χ0) is 8.65. The molecule has 5 nitrogen and oxygen atoms in total. The highest BCUT2D eigenvalue weighted by Crippen LogP contribution is 2.11. The SMILES string of the molecule is Cc1nc(S(N)(=O)=O)oc1C. The van der Waals surface area contributed by atoms with Crippen molar-refractivity contribution in [2.75, 3.05) is 0 Å². The maximum Gasteiger partial charge on any atom is 0.330 e. The third-order valence-corrected chi connectivity index (χ3v) is 1.91. The van der Waals surface area contributed by atoms with Crippen LogP contribution >= 0.6 is 0 Å². The number of aromatic nitrogens is 1. The summed E-state index contributed by atoms with van der Waals surface area (Å²) in [5, 5.41) is 4.33. The highest BCUT2D eigenvalue weighted by atomic mass is 32.2. The van der Waals surface area contributed by atoms with E-state index in [4.69, 9.17) is 9.56 Å². The van der Waals surface area contributed by atoms with E-state index in [-0.39, 0.29) is 0 Å². The second kappa shape index (κ2) is 2.31. The lowest BCUT2D eigenvalue weighted by atomic mass is 10.4. The lowest BCUT2D eigenvalue weighted by molar-refractivity contribution is 0.411. The van der Waals surface area contributed by atoms with Crippen LogP contribution in [0.15, 0.2) is 9.64 Å². The van der Waals surface area contributed by atoms with E-state index in [2.05, 4.69) is 4.98 Å². The van der Waals surface area contributed by atoms with Gasteiger partial charge in [0.25, 0.3) is 10.0 Å². The predicted octanol–water partition coefficient (Wildman–Crippen LogP) is -0.0612. The van der Waals surface area contributed by atoms with Gasteiger partial charge in [-0.3, -0.25) is 0 Å². The summed E-state index contributed by atoms with van der Waals surface area (Å²) in [6.07, 6.45) is 0. The molecule has 0 saturated carbocycles. The van der Waals surface area contributed by atoms with Crippen molar-refractivity contribution < 1.29 is 12.8 Å². The molecule has 6 heteroatoms. The van der Waals surface area contributed by atoms with Gasteiger partial charge in [0, 0.05) is 0 Å². The Hall–Kier alpha value is -0.880. The first kappa shape index (κ1) is 8.22. The number of hydrogen-bond acceptors (Lipinski definition) is 4. The molecule has 0 saturated heterocycles. The van der Waals surface area contributed by atoms with Gasteiger partial charge in [0.1, 0.15) is 5.76 Å². The predicted molar refractivity (Wildman–Crippen MR) is 37.4 cm³/mol. The van der Waals surface area contributed by atoms with Crippen LogP contribution in [-0.2, 0) is 10.0 Å². The Morgan fingerprint density at radius 1 is 1.45 bits per heavy atom. The lowest BCUT2D eigenvalue weighted by Crippen LogP contribution is -2.12. The molecule has 1 aromatic heterocycles. The molecule has 0 aliphatic rings. The lowest BCUT2D eigenvalue weighted by Gasteiger charge is -1.85. The largest absolute Gasteiger partial charge is 0.432 e. The van der Waals surface area contributed by atoms with Crippen LogP contribution in [0, 0.1) is 13.8 Å². The van der Waals surface area contributed by atoms with Gasteiger partial charge in [-0.25, -0.2) is 18.5 Å². The molecule has 11 heavy (non-hydrogen) atoms. The van der Waals surface area contributed by atoms with Crippen molar-refractivity contribution in [2.24, 2.45) is 5.14 Å². The molecule has 0 amide bonds. The second-order valence-corrected chi connectivity index (χ2v) is 3.61. The molecule has 2 N–H and O–H groups in total. The number of rotatable bonds is 1. The molecular weight excluding hydrogens is 168 g/mol. The van der Waals surface area contributed by atoms with Gasteiger partial charge in [0.15, 0.2) is 0 Å². The van der Waals surface area contributed by atoms with Gasteiger partial charge < -0.3 is 4.42 Å². The number of nitrogens with zero attached hydrogens (tertiary/aromatic N) is 1. The van der Waals surface area contributed by atoms with E-state index in [1.165, 1.54) is 0 Å². The van der Waals surface area contributed by atoms with Crippen LogP contribution in [0.4, 0.5) is 0 Å². The van der Waals surface area contributed by atoms with Crippen molar-refractivity contribution in [3.63, 3.8) is 0 Å². The minimum absolute atomic E-state index is 0.424. The summed E-state index contributed by atoms with van der Waals surface area (Å²) in [5.41, 5.74) is 0.536. The fourth-order valence-electron chi connectivity index (χ4n) is 0.565. The maximum absolute atomic E-state index is 10.6. The standard InChI is InChI=1S/C5H8N2O3S/c1-3-4(2)10-5(7-3)11(6,8)9/h1-2H3,(H2,6,8,9). The number of nitrogens with two attached hydrogens (primary N) is 1. The van der Waals surface area contributed by atoms with E-state index in [0.717, 1.165) is 0 Å². The van der Waals surface area contributed by atoms with E-state index in [1.54, 1.807) is 13.8 Å². The number of primary sulfonamides is 1. The van der Waals surface area contributed by atoms with Crippen LogP contribution in [0.5, 0.6) is 0 Å². The molecule has 0 unspecified atom stereocenters. The first-order valence-corrected chi connectivity index (χ1v) is 4.42. The fraction of sp³-hybridized carbons (Fsp3) is 0.400. The highest BCUT2D eigenvalue weighted by Gasteiger charge is 2.16. The summed E-state index contributed by atoms with van der Waals surface area (Å²) in [6.45, 7) is 3.27. The molecule has 0 aliphatic heterocycles. The minimum Gasteiger partial charge on any atom is -0.432 e. The Morgan fingerprint density at radius 3 is 2.18 bits per heavy atom. The summed E-state index contributed by atoms with van der Waals surface area (Å²) in [7, 11) is -3.78. The van der Waals surface area contributed by atoms with Gasteiger partial charge in [-0.15, -0.1) is 0 Å². The van der Waals surface area contributed by atoms with Crippen LogP contribution in [0.1, 0.15) is 11.5 Å². The summed E-state index contributed by atoms with van der Waals surface area (Å²) in [5.74, 6) is 0.467. The Labute approximate surface area is 64.3 Å². The Balaban J connectivity index is 3.29. The number of sulfonamides is 1. The molecule has 0 bridgehead atoms. The molecule has 0 aliphatic carbocycles. The van der Waals surface area contributed by atoms with E-state index < -0.39 is 15.2 Å². The normalized spacial score (nSPS) is 11.9. The molecule has 0 atom stereocenters. The van der Waals surface area contributed by atoms with Crippen molar-refractivity contribution in [2.45, 2.75) is 19.1 Å². The third-order valence-electron chi connectivity index (χ3n) is 1.25. The molecule has 0 aromatic carbocycles. The fourth-order valence-corrected chi connectivity index (χ4v) is 1.07. The van der Waals surface area contributed by atoms with Crippen LogP contribution in [0.3, 0.4) is 0 Å². The number of hydrogen-bond donors (Lipinski definition) is 1. The van der Waals surface area contributed by atoms with Crippen LogP contribution in [0.25, 0.3) is 0 Å². The molecule has 0 spiro atoms. The summed E-state index contributed by atoms with van der Waals surface area (Å²) in [4.78, 5) is 3.60.